The number of pyridine rings is 1. The second kappa shape index (κ2) is 9.70. The SMILES string of the molecule is Oc1cc(-c2ncc3c(N4C[C@H]5CC[C@@H](C4)N5)nc(OCC4(CN5CC6CC5CO6)CC4)nc3c2F)c2ccccc2c1. The van der Waals surface area contributed by atoms with E-state index in [0.717, 1.165) is 75.7 Å². The summed E-state index contributed by atoms with van der Waals surface area (Å²) in [4.78, 5) is 19.0. The van der Waals surface area contributed by atoms with Gasteiger partial charge in [-0.15, -0.1) is 0 Å². The first-order valence-electron chi connectivity index (χ1n) is 15.6. The highest BCUT2D eigenvalue weighted by atomic mass is 19.1. The fourth-order valence-electron chi connectivity index (χ4n) is 7.82. The first-order valence-corrected chi connectivity index (χ1v) is 15.6. The third-order valence-electron chi connectivity index (χ3n) is 10.3. The number of hydrogen-bond donors (Lipinski definition) is 2. The van der Waals surface area contributed by atoms with Gasteiger partial charge in [0.25, 0.3) is 0 Å². The van der Waals surface area contributed by atoms with Gasteiger partial charge in [0.1, 0.15) is 22.8 Å². The number of ether oxygens (including phenoxy) is 2. The van der Waals surface area contributed by atoms with Crippen LogP contribution in [0.15, 0.2) is 42.6 Å². The van der Waals surface area contributed by atoms with Gasteiger partial charge in [0.05, 0.1) is 24.7 Å². The number of phenolic OH excluding ortho intramolecular Hbond substituents is 1. The molecule has 1 aliphatic carbocycles. The Bertz CT molecular complexity index is 1740. The van der Waals surface area contributed by atoms with E-state index in [2.05, 4.69) is 25.1 Å². The lowest BCUT2D eigenvalue weighted by atomic mass is 10.00. The predicted molar refractivity (Wildman–Crippen MR) is 161 cm³/mol. The number of benzene rings is 2. The van der Waals surface area contributed by atoms with Gasteiger partial charge in [0.2, 0.25) is 0 Å². The molecule has 10 heteroatoms. The molecule has 222 valence electrons. The monoisotopic (exact) mass is 582 g/mol. The zero-order valence-electron chi connectivity index (χ0n) is 24.0. The molecule has 0 spiro atoms. The minimum Gasteiger partial charge on any atom is -0.508 e. The van der Waals surface area contributed by atoms with Crippen LogP contribution in [0.25, 0.3) is 32.9 Å². The smallest absolute Gasteiger partial charge is 0.319 e. The van der Waals surface area contributed by atoms with Crippen LogP contribution in [0, 0.1) is 11.2 Å². The maximum Gasteiger partial charge on any atom is 0.319 e. The zero-order chi connectivity index (χ0) is 28.7. The van der Waals surface area contributed by atoms with Crippen molar-refractivity contribution in [3.63, 3.8) is 0 Å². The fraction of sp³-hybridized carbons (Fsp3) is 0.485. The van der Waals surface area contributed by atoms with Crippen LogP contribution in [0.2, 0.25) is 0 Å². The summed E-state index contributed by atoms with van der Waals surface area (Å²) in [5.41, 5.74) is 0.959. The van der Waals surface area contributed by atoms with Crippen molar-refractivity contribution in [3.05, 3.63) is 48.4 Å². The van der Waals surface area contributed by atoms with Gasteiger partial charge in [-0.05, 0) is 55.0 Å². The van der Waals surface area contributed by atoms with Crippen molar-refractivity contribution in [2.24, 2.45) is 5.41 Å². The molecule has 5 fully saturated rings. The predicted octanol–water partition coefficient (Wildman–Crippen LogP) is 4.26. The Morgan fingerprint density at radius 3 is 2.67 bits per heavy atom. The molecule has 4 bridgehead atoms. The van der Waals surface area contributed by atoms with Gasteiger partial charge in [-0.25, -0.2) is 4.39 Å². The molecule has 5 aliphatic rings. The molecule has 1 saturated carbocycles. The first kappa shape index (κ1) is 25.9. The highest BCUT2D eigenvalue weighted by molar-refractivity contribution is 5.99. The number of aromatic nitrogens is 3. The van der Waals surface area contributed by atoms with Crippen molar-refractivity contribution in [2.45, 2.75) is 56.3 Å². The summed E-state index contributed by atoms with van der Waals surface area (Å²) in [6, 6.07) is 12.4. The molecule has 0 amide bonds. The minimum absolute atomic E-state index is 0.0613. The van der Waals surface area contributed by atoms with Gasteiger partial charge in [-0.3, -0.25) is 9.88 Å². The number of rotatable bonds is 7. The average Bonchev–Trinajstić information content (AvgIpc) is 3.28. The zero-order valence-corrected chi connectivity index (χ0v) is 24.0. The van der Waals surface area contributed by atoms with E-state index in [1.807, 2.05) is 24.3 Å². The Morgan fingerprint density at radius 2 is 1.91 bits per heavy atom. The summed E-state index contributed by atoms with van der Waals surface area (Å²) in [6.45, 7) is 4.93. The number of fused-ring (bicyclic) bond motifs is 6. The van der Waals surface area contributed by atoms with Crippen molar-refractivity contribution in [1.82, 2.24) is 25.2 Å². The van der Waals surface area contributed by atoms with Crippen molar-refractivity contribution >= 4 is 27.5 Å². The van der Waals surface area contributed by atoms with Crippen LogP contribution in [0.3, 0.4) is 0 Å². The Kier molecular flexibility index (Phi) is 5.84. The first-order chi connectivity index (χ1) is 21.0. The molecule has 4 atom stereocenters. The third kappa shape index (κ3) is 4.49. The fourth-order valence-corrected chi connectivity index (χ4v) is 7.82. The number of morpholine rings is 1. The highest BCUT2D eigenvalue weighted by Crippen LogP contribution is 2.48. The van der Waals surface area contributed by atoms with E-state index in [1.54, 1.807) is 18.3 Å². The maximum absolute atomic E-state index is 16.6. The molecule has 6 heterocycles. The number of nitrogens with one attached hydrogen (secondary N) is 1. The summed E-state index contributed by atoms with van der Waals surface area (Å²) >= 11 is 0. The van der Waals surface area contributed by atoms with E-state index in [1.165, 1.54) is 0 Å². The van der Waals surface area contributed by atoms with Gasteiger partial charge < -0.3 is 24.8 Å². The van der Waals surface area contributed by atoms with E-state index < -0.39 is 5.82 Å². The van der Waals surface area contributed by atoms with E-state index in [0.29, 0.717) is 47.6 Å². The largest absolute Gasteiger partial charge is 0.508 e. The van der Waals surface area contributed by atoms with E-state index in [9.17, 15) is 5.11 Å². The van der Waals surface area contributed by atoms with Crippen molar-refractivity contribution < 1.29 is 19.0 Å². The Balaban J connectivity index is 1.10. The van der Waals surface area contributed by atoms with E-state index >= 15 is 4.39 Å². The molecule has 43 heavy (non-hydrogen) atoms. The second-order valence-corrected chi connectivity index (χ2v) is 13.3. The number of phenols is 1. The molecule has 2 aromatic heterocycles. The van der Waals surface area contributed by atoms with Crippen molar-refractivity contribution in [2.75, 3.05) is 44.3 Å². The van der Waals surface area contributed by atoms with Crippen LogP contribution >= 0.6 is 0 Å². The van der Waals surface area contributed by atoms with E-state index in [4.69, 9.17) is 14.5 Å². The number of anilines is 1. The maximum atomic E-state index is 16.6. The van der Waals surface area contributed by atoms with Crippen LogP contribution in [0.1, 0.15) is 32.1 Å². The highest BCUT2D eigenvalue weighted by Gasteiger charge is 2.49. The topological polar surface area (TPSA) is 95.9 Å². The molecule has 0 radical (unpaired) electrons. The molecule has 4 aliphatic heterocycles. The Hall–Kier alpha value is -3.60. The molecular formula is C33H35FN6O3. The molecule has 2 N–H and O–H groups in total. The van der Waals surface area contributed by atoms with E-state index in [-0.39, 0.29) is 28.4 Å². The van der Waals surface area contributed by atoms with Crippen LogP contribution < -0.4 is 15.0 Å². The lowest BCUT2D eigenvalue weighted by molar-refractivity contribution is 0.0176. The number of halogens is 1. The second-order valence-electron chi connectivity index (χ2n) is 13.3. The lowest BCUT2D eigenvalue weighted by Crippen LogP contribution is -2.51. The molecule has 4 saturated heterocycles. The number of hydrogen-bond acceptors (Lipinski definition) is 9. The van der Waals surface area contributed by atoms with Gasteiger partial charge in [0, 0.05) is 61.5 Å². The van der Waals surface area contributed by atoms with Crippen LogP contribution in [-0.4, -0.2) is 88.6 Å². The normalized spacial score (nSPS) is 27.4. The Labute approximate surface area is 249 Å². The summed E-state index contributed by atoms with van der Waals surface area (Å²) in [5.74, 6) is 0.205. The summed E-state index contributed by atoms with van der Waals surface area (Å²) in [7, 11) is 0. The number of nitrogens with zero attached hydrogens (tertiary/aromatic N) is 5. The number of piperazine rings is 1. The van der Waals surface area contributed by atoms with Gasteiger partial charge in [-0.2, -0.15) is 9.97 Å². The van der Waals surface area contributed by atoms with Crippen molar-refractivity contribution in [3.8, 4) is 23.0 Å². The lowest BCUT2D eigenvalue weighted by Gasteiger charge is -2.34. The van der Waals surface area contributed by atoms with Crippen LogP contribution in [0.4, 0.5) is 10.2 Å². The molecular weight excluding hydrogens is 547 g/mol. The minimum atomic E-state index is -0.533. The van der Waals surface area contributed by atoms with Gasteiger partial charge >= 0.3 is 6.01 Å². The average molecular weight is 583 g/mol. The molecule has 9 nitrogen and oxygen atoms in total. The van der Waals surface area contributed by atoms with Crippen LogP contribution in [0.5, 0.6) is 11.8 Å². The van der Waals surface area contributed by atoms with Gasteiger partial charge in [-0.1, -0.05) is 24.3 Å². The summed E-state index contributed by atoms with van der Waals surface area (Å²) in [6.07, 6.45) is 7.65. The van der Waals surface area contributed by atoms with Crippen molar-refractivity contribution in [1.29, 1.82) is 0 Å². The standard InChI is InChI=1S/C33H35FN6O3/c34-28-29(26-11-23(41)9-19-3-1-2-4-25(19)26)35-12-27-30(28)37-32(38-31(27)39-13-20-5-6-21(14-39)36-20)43-18-33(7-8-33)17-40-15-24-10-22(40)16-42-24/h1-4,9,11-12,20-22,24,36,41H,5-8,10,13-18H2/t20-,21+,22?,24?. The summed E-state index contributed by atoms with van der Waals surface area (Å²) < 4.78 is 28.8. The Morgan fingerprint density at radius 1 is 1.07 bits per heavy atom. The quantitative estimate of drug-likeness (QED) is 0.331. The third-order valence-corrected chi connectivity index (χ3v) is 10.3. The molecule has 4 aromatic rings. The summed E-state index contributed by atoms with van der Waals surface area (Å²) in [5, 5.41) is 16.3. The van der Waals surface area contributed by atoms with Crippen LogP contribution in [-0.2, 0) is 4.74 Å². The molecule has 9 rings (SSSR count). The molecule has 2 aromatic carbocycles. The van der Waals surface area contributed by atoms with Gasteiger partial charge in [0.15, 0.2) is 5.82 Å². The molecule has 2 unspecified atom stereocenters. The number of likely N-dealkylation sites (tertiary alicyclic amines) is 1. The number of aromatic hydroxyl groups is 1.